The van der Waals surface area contributed by atoms with Gasteiger partial charge in [0.05, 0.1) is 6.04 Å². The van der Waals surface area contributed by atoms with Crippen molar-refractivity contribution in [2.75, 3.05) is 12.4 Å². The van der Waals surface area contributed by atoms with Crippen LogP contribution >= 0.6 is 0 Å². The molecule has 0 radical (unpaired) electrons. The molecular weight excluding hydrogens is 194 g/mol. The molecule has 15 heavy (non-hydrogen) atoms. The number of nitrogens with one attached hydrogen (secondary N) is 1. The normalized spacial score (nSPS) is 18.7. The van der Waals surface area contributed by atoms with Crippen molar-refractivity contribution in [3.05, 3.63) is 22.2 Å². The van der Waals surface area contributed by atoms with E-state index in [-0.39, 0.29) is 17.4 Å². The first kappa shape index (κ1) is 9.89. The van der Waals surface area contributed by atoms with Gasteiger partial charge in [0.2, 0.25) is 0 Å². The molecule has 0 spiro atoms. The van der Waals surface area contributed by atoms with Gasteiger partial charge < -0.3 is 5.32 Å². The van der Waals surface area contributed by atoms with E-state index >= 15 is 0 Å². The molecule has 0 aliphatic carbocycles. The molecular formula is C10H13N3O2. The van der Waals surface area contributed by atoms with Crippen LogP contribution in [0.1, 0.15) is 25.1 Å². The van der Waals surface area contributed by atoms with Crippen LogP contribution in [0.5, 0.6) is 0 Å². The first-order valence-corrected chi connectivity index (χ1v) is 4.93. The zero-order chi connectivity index (χ0) is 11.0. The Labute approximate surface area is 87.1 Å². The fourth-order valence-electron chi connectivity index (χ4n) is 2.00. The van der Waals surface area contributed by atoms with Gasteiger partial charge in [0.25, 0.3) is 5.56 Å². The molecule has 0 saturated carbocycles. The van der Waals surface area contributed by atoms with Gasteiger partial charge >= 0.3 is 0 Å². The lowest BCUT2D eigenvalue weighted by Crippen LogP contribution is -2.29. The van der Waals surface area contributed by atoms with Crippen LogP contribution in [0, 0.1) is 0 Å². The lowest BCUT2D eigenvalue weighted by atomic mass is 10.1. The number of aryl methyl sites for hydroxylation is 1. The summed E-state index contributed by atoms with van der Waals surface area (Å²) in [6.45, 7) is 1.52. The van der Waals surface area contributed by atoms with Crippen LogP contribution in [0.2, 0.25) is 0 Å². The molecule has 5 heteroatoms. The number of aromatic nitrogens is 2. The number of anilines is 1. The predicted molar refractivity (Wildman–Crippen MR) is 56.1 cm³/mol. The van der Waals surface area contributed by atoms with Crippen LogP contribution in [0.4, 0.5) is 5.82 Å². The summed E-state index contributed by atoms with van der Waals surface area (Å²) < 4.78 is 1.56. The Kier molecular flexibility index (Phi) is 2.30. The second kappa shape index (κ2) is 3.49. The van der Waals surface area contributed by atoms with Crippen molar-refractivity contribution < 1.29 is 4.79 Å². The third kappa shape index (κ3) is 1.44. The lowest BCUT2D eigenvalue weighted by molar-refractivity contribution is -0.119. The molecule has 0 fully saturated rings. The van der Waals surface area contributed by atoms with E-state index in [0.29, 0.717) is 12.2 Å². The molecule has 1 aliphatic heterocycles. The van der Waals surface area contributed by atoms with Crippen molar-refractivity contribution in [3.8, 4) is 0 Å². The number of carbonyl (C=O) groups excluding carboxylic acids is 1. The van der Waals surface area contributed by atoms with Gasteiger partial charge in [-0.1, -0.05) is 0 Å². The van der Waals surface area contributed by atoms with E-state index in [2.05, 4.69) is 10.3 Å². The maximum atomic E-state index is 11.9. The zero-order valence-electron chi connectivity index (χ0n) is 8.78. The summed E-state index contributed by atoms with van der Waals surface area (Å²) in [4.78, 5) is 27.3. The SMILES string of the molecule is CNc1ncc2n(c1=O)C(C(C)=O)CC2. The molecule has 0 amide bonds. The highest BCUT2D eigenvalue weighted by Gasteiger charge is 2.27. The van der Waals surface area contributed by atoms with Gasteiger partial charge in [-0.2, -0.15) is 0 Å². The van der Waals surface area contributed by atoms with Crippen LogP contribution in [0.25, 0.3) is 0 Å². The number of hydrogen-bond acceptors (Lipinski definition) is 4. The molecule has 1 aromatic rings. The van der Waals surface area contributed by atoms with E-state index in [0.717, 1.165) is 12.1 Å². The van der Waals surface area contributed by atoms with Crippen LogP contribution in [-0.2, 0) is 11.2 Å². The number of ketones is 1. The van der Waals surface area contributed by atoms with Gasteiger partial charge in [0.1, 0.15) is 0 Å². The third-order valence-electron chi connectivity index (χ3n) is 2.77. The first-order valence-electron chi connectivity index (χ1n) is 4.93. The van der Waals surface area contributed by atoms with Crippen molar-refractivity contribution in [1.82, 2.24) is 9.55 Å². The molecule has 0 aromatic carbocycles. The molecule has 80 valence electrons. The highest BCUT2D eigenvalue weighted by atomic mass is 16.1. The maximum absolute atomic E-state index is 11.9. The second-order valence-electron chi connectivity index (χ2n) is 3.69. The summed E-state index contributed by atoms with van der Waals surface area (Å²) in [6.07, 6.45) is 3.12. The Hall–Kier alpha value is -1.65. The summed E-state index contributed by atoms with van der Waals surface area (Å²) in [6, 6.07) is -0.303. The van der Waals surface area contributed by atoms with E-state index in [4.69, 9.17) is 0 Å². The number of fused-ring (bicyclic) bond motifs is 1. The molecule has 0 bridgehead atoms. The molecule has 5 nitrogen and oxygen atoms in total. The fraction of sp³-hybridized carbons (Fsp3) is 0.500. The zero-order valence-corrected chi connectivity index (χ0v) is 8.78. The van der Waals surface area contributed by atoms with Crippen molar-refractivity contribution in [2.45, 2.75) is 25.8 Å². The Balaban J connectivity index is 2.60. The minimum Gasteiger partial charge on any atom is -0.369 e. The molecule has 1 aliphatic rings. The number of carbonyl (C=O) groups is 1. The number of hydrogen-bond donors (Lipinski definition) is 1. The largest absolute Gasteiger partial charge is 0.369 e. The highest BCUT2D eigenvalue weighted by molar-refractivity contribution is 5.80. The quantitative estimate of drug-likeness (QED) is 0.760. The highest BCUT2D eigenvalue weighted by Crippen LogP contribution is 2.24. The third-order valence-corrected chi connectivity index (χ3v) is 2.77. The number of Topliss-reactive ketones (excluding diaryl/α,β-unsaturated/α-hetero) is 1. The van der Waals surface area contributed by atoms with E-state index in [9.17, 15) is 9.59 Å². The Bertz CT molecular complexity index is 464. The first-order chi connectivity index (χ1) is 7.15. The fourth-order valence-corrected chi connectivity index (χ4v) is 2.00. The Morgan fingerprint density at radius 1 is 1.67 bits per heavy atom. The molecule has 2 rings (SSSR count). The summed E-state index contributed by atoms with van der Waals surface area (Å²) in [7, 11) is 1.65. The van der Waals surface area contributed by atoms with E-state index < -0.39 is 0 Å². The van der Waals surface area contributed by atoms with Crippen LogP contribution < -0.4 is 10.9 Å². The minimum absolute atomic E-state index is 0.0316. The van der Waals surface area contributed by atoms with Gasteiger partial charge in [0.15, 0.2) is 11.6 Å². The van der Waals surface area contributed by atoms with Crippen molar-refractivity contribution >= 4 is 11.6 Å². The van der Waals surface area contributed by atoms with Crippen molar-refractivity contribution in [3.63, 3.8) is 0 Å². The van der Waals surface area contributed by atoms with Crippen molar-refractivity contribution in [1.29, 1.82) is 0 Å². The van der Waals surface area contributed by atoms with E-state index in [1.54, 1.807) is 17.8 Å². The van der Waals surface area contributed by atoms with Gasteiger partial charge in [-0.25, -0.2) is 4.98 Å². The lowest BCUT2D eigenvalue weighted by Gasteiger charge is -2.11. The maximum Gasteiger partial charge on any atom is 0.294 e. The predicted octanol–water partition coefficient (Wildman–Crippen LogP) is 0.361. The molecule has 1 unspecified atom stereocenters. The average Bonchev–Trinajstić information content (AvgIpc) is 2.63. The molecule has 1 N–H and O–H groups in total. The smallest absolute Gasteiger partial charge is 0.294 e. The van der Waals surface area contributed by atoms with Gasteiger partial charge in [-0.15, -0.1) is 0 Å². The number of rotatable bonds is 2. The molecule has 1 atom stereocenters. The second-order valence-corrected chi connectivity index (χ2v) is 3.69. The Morgan fingerprint density at radius 3 is 3.00 bits per heavy atom. The summed E-state index contributed by atoms with van der Waals surface area (Å²) in [5.41, 5.74) is 0.645. The number of nitrogens with zero attached hydrogens (tertiary/aromatic N) is 2. The van der Waals surface area contributed by atoms with E-state index in [1.807, 2.05) is 0 Å². The van der Waals surface area contributed by atoms with E-state index in [1.165, 1.54) is 6.92 Å². The summed E-state index contributed by atoms with van der Waals surface area (Å²) in [5, 5.41) is 2.73. The van der Waals surface area contributed by atoms with Gasteiger partial charge in [0, 0.05) is 18.9 Å². The van der Waals surface area contributed by atoms with Crippen LogP contribution in [0.3, 0.4) is 0 Å². The van der Waals surface area contributed by atoms with Gasteiger partial charge in [-0.05, 0) is 19.8 Å². The molecule has 2 heterocycles. The Morgan fingerprint density at radius 2 is 2.40 bits per heavy atom. The van der Waals surface area contributed by atoms with Crippen LogP contribution in [0.15, 0.2) is 11.0 Å². The molecule has 0 saturated heterocycles. The van der Waals surface area contributed by atoms with Crippen LogP contribution in [-0.4, -0.2) is 22.4 Å². The average molecular weight is 207 g/mol. The monoisotopic (exact) mass is 207 g/mol. The summed E-state index contributed by atoms with van der Waals surface area (Å²) >= 11 is 0. The minimum atomic E-state index is -0.303. The molecule has 1 aromatic heterocycles. The topological polar surface area (TPSA) is 64.0 Å². The van der Waals surface area contributed by atoms with Gasteiger partial charge in [-0.3, -0.25) is 14.2 Å². The van der Waals surface area contributed by atoms with Crippen molar-refractivity contribution in [2.24, 2.45) is 0 Å². The summed E-state index contributed by atoms with van der Waals surface area (Å²) in [5.74, 6) is 0.330. The standard InChI is InChI=1S/C10H13N3O2/c1-6(14)8-4-3-7-5-12-9(11-2)10(15)13(7)8/h5,8H,3-4H2,1-2H3,(H,11,12).